The van der Waals surface area contributed by atoms with Gasteiger partial charge in [-0.3, -0.25) is 0 Å². The SMILES string of the molecule is CCOC1CN(c2ncccc2Br)C1. The van der Waals surface area contributed by atoms with E-state index >= 15 is 0 Å². The highest BCUT2D eigenvalue weighted by atomic mass is 79.9. The largest absolute Gasteiger partial charge is 0.375 e. The second-order valence-corrected chi connectivity index (χ2v) is 4.15. The maximum atomic E-state index is 5.48. The van der Waals surface area contributed by atoms with Gasteiger partial charge in [0.05, 0.1) is 10.6 Å². The third-order valence-electron chi connectivity index (χ3n) is 2.29. The Bertz CT molecular complexity index is 313. The highest BCUT2D eigenvalue weighted by Crippen LogP contribution is 2.27. The summed E-state index contributed by atoms with van der Waals surface area (Å²) in [6.45, 7) is 4.72. The summed E-state index contributed by atoms with van der Waals surface area (Å²) >= 11 is 3.49. The van der Waals surface area contributed by atoms with Crippen molar-refractivity contribution in [1.29, 1.82) is 0 Å². The summed E-state index contributed by atoms with van der Waals surface area (Å²) in [5.74, 6) is 1.02. The lowest BCUT2D eigenvalue weighted by Gasteiger charge is -2.39. The lowest BCUT2D eigenvalue weighted by Crippen LogP contribution is -2.52. The Balaban J connectivity index is 1.96. The zero-order valence-electron chi connectivity index (χ0n) is 8.11. The second kappa shape index (κ2) is 4.28. The molecule has 0 saturated carbocycles. The highest BCUT2D eigenvalue weighted by molar-refractivity contribution is 9.10. The van der Waals surface area contributed by atoms with Gasteiger partial charge in [-0.1, -0.05) is 0 Å². The van der Waals surface area contributed by atoms with E-state index in [2.05, 4.69) is 25.8 Å². The number of halogens is 1. The first-order valence-corrected chi connectivity index (χ1v) is 5.57. The lowest BCUT2D eigenvalue weighted by atomic mass is 10.1. The number of nitrogens with zero attached hydrogens (tertiary/aromatic N) is 2. The minimum Gasteiger partial charge on any atom is -0.375 e. The van der Waals surface area contributed by atoms with E-state index in [1.165, 1.54) is 0 Å². The number of anilines is 1. The Morgan fingerprint density at radius 3 is 3.07 bits per heavy atom. The average Bonchev–Trinajstić information content (AvgIpc) is 2.12. The molecule has 2 heterocycles. The molecular weight excluding hydrogens is 244 g/mol. The van der Waals surface area contributed by atoms with Gasteiger partial charge in [-0.15, -0.1) is 0 Å². The van der Waals surface area contributed by atoms with E-state index in [0.717, 1.165) is 30.0 Å². The number of aromatic nitrogens is 1. The molecular formula is C10H13BrN2O. The topological polar surface area (TPSA) is 25.4 Å². The third-order valence-corrected chi connectivity index (χ3v) is 2.91. The van der Waals surface area contributed by atoms with Crippen molar-refractivity contribution < 1.29 is 4.74 Å². The first kappa shape index (κ1) is 9.93. The molecule has 4 heteroatoms. The Labute approximate surface area is 92.2 Å². The summed E-state index contributed by atoms with van der Waals surface area (Å²) in [7, 11) is 0. The van der Waals surface area contributed by atoms with Crippen molar-refractivity contribution in [3.8, 4) is 0 Å². The smallest absolute Gasteiger partial charge is 0.143 e. The standard InChI is InChI=1S/C10H13BrN2O/c1-2-14-8-6-13(7-8)10-9(11)4-3-5-12-10/h3-5,8H,2,6-7H2,1H3. The molecule has 1 aliphatic rings. The first-order valence-electron chi connectivity index (χ1n) is 4.78. The Hall–Kier alpha value is -0.610. The Kier molecular flexibility index (Phi) is 3.03. The summed E-state index contributed by atoms with van der Waals surface area (Å²) in [4.78, 5) is 6.53. The molecule has 1 aromatic rings. The van der Waals surface area contributed by atoms with Crippen LogP contribution in [0.15, 0.2) is 22.8 Å². The molecule has 0 aliphatic carbocycles. The average molecular weight is 257 g/mol. The number of pyridine rings is 1. The van der Waals surface area contributed by atoms with E-state index in [1.54, 1.807) is 0 Å². The summed E-state index contributed by atoms with van der Waals surface area (Å²) in [5.41, 5.74) is 0. The number of hydrogen-bond donors (Lipinski definition) is 0. The van der Waals surface area contributed by atoms with E-state index in [4.69, 9.17) is 4.74 Å². The molecule has 0 unspecified atom stereocenters. The molecule has 0 aromatic carbocycles. The second-order valence-electron chi connectivity index (χ2n) is 3.29. The van der Waals surface area contributed by atoms with Crippen molar-refractivity contribution in [3.05, 3.63) is 22.8 Å². The van der Waals surface area contributed by atoms with Crippen molar-refractivity contribution >= 4 is 21.7 Å². The molecule has 0 atom stereocenters. The molecule has 2 rings (SSSR count). The Morgan fingerprint density at radius 2 is 2.43 bits per heavy atom. The zero-order valence-corrected chi connectivity index (χ0v) is 9.70. The minimum absolute atomic E-state index is 0.383. The molecule has 1 aliphatic heterocycles. The zero-order chi connectivity index (χ0) is 9.97. The van der Waals surface area contributed by atoms with Gasteiger partial charge in [0.25, 0.3) is 0 Å². The maximum Gasteiger partial charge on any atom is 0.143 e. The fraction of sp³-hybridized carbons (Fsp3) is 0.500. The monoisotopic (exact) mass is 256 g/mol. The molecule has 1 aromatic heterocycles. The fourth-order valence-electron chi connectivity index (χ4n) is 1.56. The number of hydrogen-bond acceptors (Lipinski definition) is 3. The van der Waals surface area contributed by atoms with Gasteiger partial charge in [-0.2, -0.15) is 0 Å². The minimum atomic E-state index is 0.383. The van der Waals surface area contributed by atoms with Crippen LogP contribution in [-0.2, 0) is 4.74 Å². The predicted octanol–water partition coefficient (Wildman–Crippen LogP) is 2.07. The van der Waals surface area contributed by atoms with E-state index in [9.17, 15) is 0 Å². The summed E-state index contributed by atoms with van der Waals surface area (Å²) < 4.78 is 6.54. The molecule has 0 amide bonds. The van der Waals surface area contributed by atoms with Crippen LogP contribution in [0.4, 0.5) is 5.82 Å². The van der Waals surface area contributed by atoms with Gasteiger partial charge in [0.2, 0.25) is 0 Å². The van der Waals surface area contributed by atoms with E-state index in [1.807, 2.05) is 25.3 Å². The quantitative estimate of drug-likeness (QED) is 0.828. The van der Waals surface area contributed by atoms with Gasteiger partial charge in [-0.05, 0) is 35.0 Å². The van der Waals surface area contributed by atoms with Crippen LogP contribution < -0.4 is 4.90 Å². The normalized spacial score (nSPS) is 16.9. The van der Waals surface area contributed by atoms with Crippen LogP contribution in [0.3, 0.4) is 0 Å². The van der Waals surface area contributed by atoms with Crippen LogP contribution in [0, 0.1) is 0 Å². The molecule has 14 heavy (non-hydrogen) atoms. The maximum absolute atomic E-state index is 5.48. The molecule has 0 N–H and O–H groups in total. The van der Waals surface area contributed by atoms with Crippen molar-refractivity contribution in [2.45, 2.75) is 13.0 Å². The fourth-order valence-corrected chi connectivity index (χ4v) is 2.07. The molecule has 0 spiro atoms. The number of ether oxygens (including phenoxy) is 1. The van der Waals surface area contributed by atoms with Crippen molar-refractivity contribution in [3.63, 3.8) is 0 Å². The first-order chi connectivity index (χ1) is 6.81. The molecule has 1 fully saturated rings. The van der Waals surface area contributed by atoms with Crippen LogP contribution in [0.5, 0.6) is 0 Å². The highest BCUT2D eigenvalue weighted by Gasteiger charge is 2.28. The van der Waals surface area contributed by atoms with Crippen molar-refractivity contribution in [2.24, 2.45) is 0 Å². The molecule has 3 nitrogen and oxygen atoms in total. The van der Waals surface area contributed by atoms with Gasteiger partial charge in [-0.25, -0.2) is 4.98 Å². The Morgan fingerprint density at radius 1 is 1.64 bits per heavy atom. The van der Waals surface area contributed by atoms with Crippen LogP contribution in [0.1, 0.15) is 6.92 Å². The van der Waals surface area contributed by atoms with Crippen LogP contribution >= 0.6 is 15.9 Å². The summed E-state index contributed by atoms with van der Waals surface area (Å²) in [5, 5.41) is 0. The third kappa shape index (κ3) is 1.91. The van der Waals surface area contributed by atoms with E-state index in [0.29, 0.717) is 6.10 Å². The van der Waals surface area contributed by atoms with Crippen LogP contribution in [0.2, 0.25) is 0 Å². The summed E-state index contributed by atoms with van der Waals surface area (Å²) in [6, 6.07) is 3.93. The van der Waals surface area contributed by atoms with Crippen LogP contribution in [0.25, 0.3) is 0 Å². The van der Waals surface area contributed by atoms with Gasteiger partial charge < -0.3 is 9.64 Å². The van der Waals surface area contributed by atoms with E-state index in [-0.39, 0.29) is 0 Å². The number of rotatable bonds is 3. The van der Waals surface area contributed by atoms with E-state index < -0.39 is 0 Å². The molecule has 1 saturated heterocycles. The van der Waals surface area contributed by atoms with Crippen LogP contribution in [-0.4, -0.2) is 30.8 Å². The van der Waals surface area contributed by atoms with Gasteiger partial charge in [0.1, 0.15) is 5.82 Å². The van der Waals surface area contributed by atoms with Gasteiger partial charge in [0, 0.05) is 25.9 Å². The lowest BCUT2D eigenvalue weighted by molar-refractivity contribution is 0.0426. The molecule has 0 bridgehead atoms. The van der Waals surface area contributed by atoms with Crippen molar-refractivity contribution in [2.75, 3.05) is 24.6 Å². The van der Waals surface area contributed by atoms with Crippen molar-refractivity contribution in [1.82, 2.24) is 4.98 Å². The molecule has 76 valence electrons. The van der Waals surface area contributed by atoms with Gasteiger partial charge >= 0.3 is 0 Å². The van der Waals surface area contributed by atoms with Gasteiger partial charge in [0.15, 0.2) is 0 Å². The molecule has 0 radical (unpaired) electrons. The predicted molar refractivity (Wildman–Crippen MR) is 59.6 cm³/mol. The summed E-state index contributed by atoms with van der Waals surface area (Å²) in [6.07, 6.45) is 2.20.